The zero-order valence-corrected chi connectivity index (χ0v) is 9.86. The van der Waals surface area contributed by atoms with Crippen LogP contribution in [-0.4, -0.2) is 63.5 Å². The van der Waals surface area contributed by atoms with Crippen molar-refractivity contribution in [1.29, 1.82) is 0 Å². The first kappa shape index (κ1) is 13.4. The Morgan fingerprint density at radius 3 is 2.16 bits per heavy atom. The lowest BCUT2D eigenvalue weighted by Gasteiger charge is -2.09. The van der Waals surface area contributed by atoms with E-state index in [-0.39, 0.29) is 33.0 Å². The molecule has 0 bridgehead atoms. The molecule has 0 amide bonds. The van der Waals surface area contributed by atoms with Gasteiger partial charge in [-0.2, -0.15) is 0 Å². The van der Waals surface area contributed by atoms with Crippen LogP contribution in [0.5, 0.6) is 0 Å². The third-order valence-electron chi connectivity index (χ3n) is 2.25. The Kier molecular flexibility index (Phi) is 4.39. The monoisotopic (exact) mass is 276 g/mol. The maximum Gasteiger partial charge on any atom is 0.508 e. The van der Waals surface area contributed by atoms with E-state index in [2.05, 4.69) is 18.9 Å². The Balaban J connectivity index is 1.52. The summed E-state index contributed by atoms with van der Waals surface area (Å²) in [6.07, 6.45) is -2.62. The zero-order valence-electron chi connectivity index (χ0n) is 9.86. The van der Waals surface area contributed by atoms with Crippen molar-refractivity contribution in [1.82, 2.24) is 0 Å². The average molecular weight is 276 g/mol. The molecule has 2 unspecified atom stereocenters. The first-order valence-corrected chi connectivity index (χ1v) is 5.53. The number of carbonyl (C=O) groups excluding carboxylic acids is 3. The van der Waals surface area contributed by atoms with Crippen LogP contribution in [0.4, 0.5) is 9.59 Å². The molecule has 0 saturated carbocycles. The molecule has 0 aromatic carbocycles. The van der Waals surface area contributed by atoms with Crippen LogP contribution in [0.25, 0.3) is 0 Å². The predicted octanol–water partition coefficient (Wildman–Crippen LogP) is -0.383. The molecule has 9 nitrogen and oxygen atoms in total. The number of ether oxygens (including phenoxy) is 6. The predicted molar refractivity (Wildman–Crippen MR) is 54.2 cm³/mol. The number of carbonyl (C=O) groups is 3. The van der Waals surface area contributed by atoms with Crippen molar-refractivity contribution in [2.75, 3.05) is 33.0 Å². The van der Waals surface area contributed by atoms with Gasteiger partial charge < -0.3 is 28.4 Å². The zero-order chi connectivity index (χ0) is 13.7. The smallest absolute Gasteiger partial charge is 0.460 e. The summed E-state index contributed by atoms with van der Waals surface area (Å²) in [5.41, 5.74) is 0. The second-order valence-electron chi connectivity index (χ2n) is 3.80. The highest BCUT2D eigenvalue weighted by atomic mass is 16.8. The Bertz CT molecular complexity index is 366. The highest BCUT2D eigenvalue weighted by Crippen LogP contribution is 2.07. The van der Waals surface area contributed by atoms with E-state index in [9.17, 15) is 14.4 Å². The molecule has 0 radical (unpaired) electrons. The summed E-state index contributed by atoms with van der Waals surface area (Å²) in [6.45, 7) is -0.182. The number of esters is 1. The van der Waals surface area contributed by atoms with Crippen molar-refractivity contribution >= 4 is 18.3 Å². The summed E-state index contributed by atoms with van der Waals surface area (Å²) < 4.78 is 28.2. The number of cyclic esters (lactones) is 4. The molecule has 2 aliphatic rings. The molecule has 0 N–H and O–H groups in total. The van der Waals surface area contributed by atoms with Crippen LogP contribution < -0.4 is 0 Å². The number of hydrogen-bond donors (Lipinski definition) is 0. The van der Waals surface area contributed by atoms with E-state index in [1.807, 2.05) is 0 Å². The van der Waals surface area contributed by atoms with Gasteiger partial charge in [-0.15, -0.1) is 0 Å². The topological polar surface area (TPSA) is 107 Å². The Labute approximate surface area is 107 Å². The van der Waals surface area contributed by atoms with Gasteiger partial charge in [0, 0.05) is 0 Å². The molecule has 2 aliphatic heterocycles. The first-order chi connectivity index (χ1) is 9.13. The minimum Gasteiger partial charge on any atom is -0.460 e. The SMILES string of the molecule is O=C(COCC1COC(=O)O1)OCC1COC(=O)O1. The molecule has 0 aliphatic carbocycles. The molecule has 9 heteroatoms. The summed E-state index contributed by atoms with van der Waals surface area (Å²) in [6, 6.07) is 0. The normalized spacial score (nSPS) is 25.3. The van der Waals surface area contributed by atoms with E-state index >= 15 is 0 Å². The van der Waals surface area contributed by atoms with Crippen LogP contribution >= 0.6 is 0 Å². The van der Waals surface area contributed by atoms with Crippen LogP contribution in [0.2, 0.25) is 0 Å². The minimum atomic E-state index is -0.777. The molecule has 2 saturated heterocycles. The Morgan fingerprint density at radius 1 is 1.05 bits per heavy atom. The van der Waals surface area contributed by atoms with E-state index in [4.69, 9.17) is 9.47 Å². The highest BCUT2D eigenvalue weighted by molar-refractivity contribution is 5.70. The van der Waals surface area contributed by atoms with Gasteiger partial charge in [0.15, 0.2) is 12.2 Å². The fourth-order valence-corrected chi connectivity index (χ4v) is 1.40. The van der Waals surface area contributed by atoms with Crippen LogP contribution in [0.3, 0.4) is 0 Å². The highest BCUT2D eigenvalue weighted by Gasteiger charge is 2.27. The fourth-order valence-electron chi connectivity index (χ4n) is 1.40. The summed E-state index contributed by atoms with van der Waals surface area (Å²) in [5.74, 6) is -0.617. The summed E-state index contributed by atoms with van der Waals surface area (Å²) in [4.78, 5) is 32.4. The van der Waals surface area contributed by atoms with E-state index in [0.717, 1.165) is 0 Å². The average Bonchev–Trinajstić information content (AvgIpc) is 2.96. The van der Waals surface area contributed by atoms with Crippen LogP contribution in [-0.2, 0) is 33.2 Å². The van der Waals surface area contributed by atoms with Gasteiger partial charge in [0.25, 0.3) is 0 Å². The lowest BCUT2D eigenvalue weighted by Crippen LogP contribution is -2.25. The van der Waals surface area contributed by atoms with E-state index in [1.54, 1.807) is 0 Å². The molecule has 0 aromatic rings. The first-order valence-electron chi connectivity index (χ1n) is 5.53. The van der Waals surface area contributed by atoms with E-state index in [0.29, 0.717) is 0 Å². The molecular weight excluding hydrogens is 264 g/mol. The van der Waals surface area contributed by atoms with Crippen molar-refractivity contribution in [3.05, 3.63) is 0 Å². The molecule has 2 heterocycles. The molecule has 2 fully saturated rings. The van der Waals surface area contributed by atoms with E-state index in [1.165, 1.54) is 0 Å². The van der Waals surface area contributed by atoms with Crippen LogP contribution in [0, 0.1) is 0 Å². The summed E-state index contributed by atoms with van der Waals surface area (Å²) in [7, 11) is 0. The number of rotatable bonds is 6. The van der Waals surface area contributed by atoms with Gasteiger partial charge in [-0.1, -0.05) is 0 Å². The fraction of sp³-hybridized carbons (Fsp3) is 0.700. The molecule has 0 aromatic heterocycles. The van der Waals surface area contributed by atoms with Gasteiger partial charge in [0.1, 0.15) is 26.4 Å². The second-order valence-corrected chi connectivity index (χ2v) is 3.80. The minimum absolute atomic E-state index is 0.0440. The summed E-state index contributed by atoms with van der Waals surface area (Å²) >= 11 is 0. The van der Waals surface area contributed by atoms with Crippen molar-refractivity contribution in [3.63, 3.8) is 0 Å². The van der Waals surface area contributed by atoms with Crippen molar-refractivity contribution in [2.45, 2.75) is 12.2 Å². The molecule has 0 spiro atoms. The van der Waals surface area contributed by atoms with E-state index < -0.39 is 30.5 Å². The lowest BCUT2D eigenvalue weighted by molar-refractivity contribution is -0.152. The second kappa shape index (κ2) is 6.23. The third kappa shape index (κ3) is 4.28. The largest absolute Gasteiger partial charge is 0.508 e. The van der Waals surface area contributed by atoms with Crippen molar-refractivity contribution in [3.8, 4) is 0 Å². The van der Waals surface area contributed by atoms with Gasteiger partial charge in [-0.3, -0.25) is 0 Å². The maximum atomic E-state index is 11.3. The van der Waals surface area contributed by atoms with Gasteiger partial charge in [0.05, 0.1) is 6.61 Å². The molecule has 2 atom stereocenters. The molecule has 19 heavy (non-hydrogen) atoms. The standard InChI is InChI=1S/C10H12O9/c11-8(15-2-7-4-17-10(13)19-7)5-14-1-6-3-16-9(12)18-6/h6-7H,1-5H2. The van der Waals surface area contributed by atoms with Gasteiger partial charge in [-0.25, -0.2) is 14.4 Å². The Hall–Kier alpha value is -2.03. The van der Waals surface area contributed by atoms with Crippen molar-refractivity contribution < 1.29 is 42.8 Å². The maximum absolute atomic E-state index is 11.3. The summed E-state index contributed by atoms with van der Waals surface area (Å²) in [5, 5.41) is 0. The van der Waals surface area contributed by atoms with Gasteiger partial charge in [-0.05, 0) is 0 Å². The Morgan fingerprint density at radius 2 is 1.63 bits per heavy atom. The lowest BCUT2D eigenvalue weighted by atomic mass is 10.4. The molecular formula is C10H12O9. The van der Waals surface area contributed by atoms with Gasteiger partial charge >= 0.3 is 18.3 Å². The van der Waals surface area contributed by atoms with Crippen LogP contribution in [0.15, 0.2) is 0 Å². The van der Waals surface area contributed by atoms with Crippen molar-refractivity contribution in [2.24, 2.45) is 0 Å². The number of hydrogen-bond acceptors (Lipinski definition) is 9. The molecule has 2 rings (SSSR count). The van der Waals surface area contributed by atoms with Crippen LogP contribution in [0.1, 0.15) is 0 Å². The quantitative estimate of drug-likeness (QED) is 0.473. The van der Waals surface area contributed by atoms with Gasteiger partial charge in [0.2, 0.25) is 0 Å². The molecule has 106 valence electrons. The third-order valence-corrected chi connectivity index (χ3v) is 2.25.